The minimum Gasteiger partial charge on any atom is -0.450 e. The van der Waals surface area contributed by atoms with Crippen molar-refractivity contribution in [2.75, 3.05) is 39.3 Å². The van der Waals surface area contributed by atoms with E-state index in [2.05, 4.69) is 10.6 Å². The standard InChI is InChI=1S/C14H26N4O4/c1-4-11(3)15-13(20)16-12(19)10-17-6-8-18(9-7-17)14(21)22-5-2/h11H,4-10H2,1-3H3,(H2,15,16,19,20)/p+1/t11-/m0/s1. The molecule has 0 saturated carbocycles. The second-order valence-corrected chi connectivity index (χ2v) is 5.44. The summed E-state index contributed by atoms with van der Waals surface area (Å²) in [4.78, 5) is 37.6. The lowest BCUT2D eigenvalue weighted by Crippen LogP contribution is -3.15. The second-order valence-electron chi connectivity index (χ2n) is 5.44. The molecule has 1 saturated heterocycles. The van der Waals surface area contributed by atoms with Crippen molar-refractivity contribution in [3.63, 3.8) is 0 Å². The van der Waals surface area contributed by atoms with Gasteiger partial charge in [0.1, 0.15) is 0 Å². The fourth-order valence-electron chi connectivity index (χ4n) is 2.16. The van der Waals surface area contributed by atoms with Gasteiger partial charge in [-0.3, -0.25) is 15.0 Å². The lowest BCUT2D eigenvalue weighted by Gasteiger charge is -2.31. The lowest BCUT2D eigenvalue weighted by molar-refractivity contribution is -0.896. The van der Waals surface area contributed by atoms with Crippen molar-refractivity contribution in [2.45, 2.75) is 33.2 Å². The number of rotatable bonds is 5. The van der Waals surface area contributed by atoms with Crippen molar-refractivity contribution in [3.8, 4) is 0 Å². The summed E-state index contributed by atoms with van der Waals surface area (Å²) in [7, 11) is 0. The van der Waals surface area contributed by atoms with Gasteiger partial charge < -0.3 is 15.0 Å². The van der Waals surface area contributed by atoms with Crippen LogP contribution in [-0.4, -0.2) is 68.3 Å². The molecule has 0 aromatic heterocycles. The first-order chi connectivity index (χ1) is 10.5. The maximum atomic E-state index is 11.8. The second kappa shape index (κ2) is 9.24. The van der Waals surface area contributed by atoms with Crippen LogP contribution in [0.25, 0.3) is 0 Å². The molecule has 1 aliphatic rings. The highest BCUT2D eigenvalue weighted by Gasteiger charge is 2.26. The molecule has 126 valence electrons. The van der Waals surface area contributed by atoms with Crippen LogP contribution in [0, 0.1) is 0 Å². The molecular weight excluding hydrogens is 288 g/mol. The van der Waals surface area contributed by atoms with Gasteiger partial charge >= 0.3 is 12.1 Å². The highest BCUT2D eigenvalue weighted by Crippen LogP contribution is 1.94. The number of ether oxygens (including phenoxy) is 1. The Labute approximate surface area is 131 Å². The molecule has 0 spiro atoms. The van der Waals surface area contributed by atoms with E-state index in [-0.39, 0.29) is 24.6 Å². The number of hydrogen-bond donors (Lipinski definition) is 3. The van der Waals surface area contributed by atoms with Gasteiger partial charge in [-0.25, -0.2) is 9.59 Å². The normalized spacial score (nSPS) is 16.8. The van der Waals surface area contributed by atoms with Gasteiger partial charge in [-0.1, -0.05) is 6.92 Å². The number of hydrogen-bond acceptors (Lipinski definition) is 4. The molecule has 1 fully saturated rings. The van der Waals surface area contributed by atoms with E-state index in [4.69, 9.17) is 4.74 Å². The van der Waals surface area contributed by atoms with Crippen molar-refractivity contribution < 1.29 is 24.0 Å². The van der Waals surface area contributed by atoms with Crippen LogP contribution < -0.4 is 15.5 Å². The molecule has 1 aliphatic heterocycles. The molecule has 8 nitrogen and oxygen atoms in total. The van der Waals surface area contributed by atoms with Crippen molar-refractivity contribution in [1.29, 1.82) is 0 Å². The molecule has 1 rings (SSSR count). The van der Waals surface area contributed by atoms with E-state index < -0.39 is 6.03 Å². The zero-order chi connectivity index (χ0) is 16.5. The predicted octanol–water partition coefficient (Wildman–Crippen LogP) is -1.03. The maximum absolute atomic E-state index is 11.8. The van der Waals surface area contributed by atoms with Crippen LogP contribution in [0.2, 0.25) is 0 Å². The van der Waals surface area contributed by atoms with Gasteiger partial charge in [0.15, 0.2) is 6.54 Å². The summed E-state index contributed by atoms with van der Waals surface area (Å²) in [5.74, 6) is -0.305. The Balaban J connectivity index is 2.27. The first-order valence-corrected chi connectivity index (χ1v) is 7.81. The summed E-state index contributed by atoms with van der Waals surface area (Å²) >= 11 is 0. The summed E-state index contributed by atoms with van der Waals surface area (Å²) in [5, 5.41) is 5.02. The predicted molar refractivity (Wildman–Crippen MR) is 80.6 cm³/mol. The first-order valence-electron chi connectivity index (χ1n) is 7.81. The molecule has 1 heterocycles. The van der Waals surface area contributed by atoms with Gasteiger partial charge in [-0.2, -0.15) is 0 Å². The van der Waals surface area contributed by atoms with E-state index >= 15 is 0 Å². The molecular formula is C14H27N4O4+. The SMILES string of the molecule is CCOC(=O)N1CC[NH+](CC(=O)NC(=O)N[C@@H](C)CC)CC1. The molecule has 0 aliphatic carbocycles. The van der Waals surface area contributed by atoms with Gasteiger partial charge in [0.25, 0.3) is 5.91 Å². The lowest BCUT2D eigenvalue weighted by atomic mass is 10.3. The van der Waals surface area contributed by atoms with Crippen LogP contribution in [0.15, 0.2) is 0 Å². The zero-order valence-corrected chi connectivity index (χ0v) is 13.6. The number of quaternary nitrogens is 1. The van der Waals surface area contributed by atoms with Gasteiger partial charge in [0.2, 0.25) is 0 Å². The third-order valence-corrected chi connectivity index (χ3v) is 3.65. The molecule has 1 atom stereocenters. The van der Waals surface area contributed by atoms with Crippen LogP contribution >= 0.6 is 0 Å². The fraction of sp³-hybridized carbons (Fsp3) is 0.786. The molecule has 8 heteroatoms. The van der Waals surface area contributed by atoms with Gasteiger partial charge in [-0.15, -0.1) is 0 Å². The Morgan fingerprint density at radius 2 is 1.86 bits per heavy atom. The number of amides is 4. The summed E-state index contributed by atoms with van der Waals surface area (Å²) in [6.45, 7) is 8.64. The number of imide groups is 1. The topological polar surface area (TPSA) is 92.2 Å². The van der Waals surface area contributed by atoms with Crippen LogP contribution in [0.3, 0.4) is 0 Å². The van der Waals surface area contributed by atoms with Gasteiger partial charge in [0.05, 0.1) is 32.8 Å². The number of nitrogens with one attached hydrogen (secondary N) is 3. The van der Waals surface area contributed by atoms with Crippen molar-refractivity contribution in [3.05, 3.63) is 0 Å². The molecule has 0 aromatic carbocycles. The molecule has 0 bridgehead atoms. The zero-order valence-electron chi connectivity index (χ0n) is 13.6. The average Bonchev–Trinajstić information content (AvgIpc) is 2.47. The summed E-state index contributed by atoms with van der Waals surface area (Å²) < 4.78 is 4.94. The van der Waals surface area contributed by atoms with Gasteiger partial charge in [-0.05, 0) is 20.3 Å². The average molecular weight is 315 g/mol. The highest BCUT2D eigenvalue weighted by molar-refractivity contribution is 5.94. The van der Waals surface area contributed by atoms with Crippen LogP contribution in [0.1, 0.15) is 27.2 Å². The quantitative estimate of drug-likeness (QED) is 0.605. The third-order valence-electron chi connectivity index (χ3n) is 3.65. The van der Waals surface area contributed by atoms with E-state index in [9.17, 15) is 14.4 Å². The summed E-state index contributed by atoms with van der Waals surface area (Å²) in [6, 6.07) is -0.419. The monoisotopic (exact) mass is 315 g/mol. The van der Waals surface area contributed by atoms with Crippen molar-refractivity contribution >= 4 is 18.0 Å². The number of piperazine rings is 1. The number of nitrogens with zero attached hydrogens (tertiary/aromatic N) is 1. The Morgan fingerprint density at radius 1 is 1.23 bits per heavy atom. The van der Waals surface area contributed by atoms with E-state index in [0.29, 0.717) is 32.8 Å². The maximum Gasteiger partial charge on any atom is 0.410 e. The van der Waals surface area contributed by atoms with Crippen LogP contribution in [-0.2, 0) is 9.53 Å². The smallest absolute Gasteiger partial charge is 0.410 e. The van der Waals surface area contributed by atoms with E-state index in [1.807, 2.05) is 13.8 Å². The number of carbonyl (C=O) groups is 3. The number of urea groups is 1. The molecule has 0 aromatic rings. The van der Waals surface area contributed by atoms with Gasteiger partial charge in [0, 0.05) is 6.04 Å². The molecule has 0 unspecified atom stereocenters. The third kappa shape index (κ3) is 6.30. The van der Waals surface area contributed by atoms with E-state index in [0.717, 1.165) is 11.3 Å². The Bertz CT molecular complexity index is 394. The molecule has 0 radical (unpaired) electrons. The first kappa shape index (κ1) is 18.2. The minimum atomic E-state index is -0.455. The minimum absolute atomic E-state index is 0.0354. The summed E-state index contributed by atoms with van der Waals surface area (Å²) in [6.07, 6.45) is 0.502. The Morgan fingerprint density at radius 3 is 2.41 bits per heavy atom. The highest BCUT2D eigenvalue weighted by atomic mass is 16.6. The Kier molecular flexibility index (Phi) is 7.65. The Hall–Kier alpha value is -1.83. The largest absolute Gasteiger partial charge is 0.450 e. The van der Waals surface area contributed by atoms with E-state index in [1.165, 1.54) is 0 Å². The van der Waals surface area contributed by atoms with E-state index in [1.54, 1.807) is 11.8 Å². The van der Waals surface area contributed by atoms with Crippen molar-refractivity contribution in [1.82, 2.24) is 15.5 Å². The summed E-state index contributed by atoms with van der Waals surface area (Å²) in [5.41, 5.74) is 0. The fourth-order valence-corrected chi connectivity index (χ4v) is 2.16. The molecule has 3 N–H and O–H groups in total. The molecule has 22 heavy (non-hydrogen) atoms. The van der Waals surface area contributed by atoms with Crippen LogP contribution in [0.4, 0.5) is 9.59 Å². The molecule has 4 amide bonds. The number of carbonyl (C=O) groups excluding carboxylic acids is 3. The van der Waals surface area contributed by atoms with Crippen LogP contribution in [0.5, 0.6) is 0 Å². The van der Waals surface area contributed by atoms with Crippen molar-refractivity contribution in [2.24, 2.45) is 0 Å².